The van der Waals surface area contributed by atoms with Crippen molar-refractivity contribution in [3.8, 4) is 0 Å². The number of aldehydes is 1. The van der Waals surface area contributed by atoms with Crippen LogP contribution in [0.3, 0.4) is 0 Å². The molecule has 0 N–H and O–H groups in total. The van der Waals surface area contributed by atoms with Gasteiger partial charge in [0.2, 0.25) is 0 Å². The van der Waals surface area contributed by atoms with E-state index in [9.17, 15) is 9.59 Å². The molecule has 4 nitrogen and oxygen atoms in total. The second kappa shape index (κ2) is 6.69. The normalized spacial score (nSPS) is 10.6. The zero-order valence-electron chi connectivity index (χ0n) is 13.8. The maximum absolute atomic E-state index is 11.9. The minimum absolute atomic E-state index is 0.0215. The molecule has 0 unspecified atom stereocenters. The number of carbonyl (C=O) groups is 1. The summed E-state index contributed by atoms with van der Waals surface area (Å²) in [5.41, 5.74) is 2.67. The van der Waals surface area contributed by atoms with E-state index in [0.717, 1.165) is 17.1 Å². The number of carbonyl (C=O) groups excluding carboxylic acids is 1. The second-order valence-corrected chi connectivity index (χ2v) is 5.84. The van der Waals surface area contributed by atoms with Crippen molar-refractivity contribution in [3.05, 3.63) is 101 Å². The van der Waals surface area contributed by atoms with Gasteiger partial charge in [0.05, 0.1) is 0 Å². The molecular formula is C22H15NO3. The number of para-hydroxylation sites is 2. The molecule has 1 heterocycles. The van der Waals surface area contributed by atoms with Crippen LogP contribution in [0.25, 0.3) is 11.0 Å². The van der Waals surface area contributed by atoms with Crippen molar-refractivity contribution < 1.29 is 9.21 Å². The van der Waals surface area contributed by atoms with Gasteiger partial charge in [-0.3, -0.25) is 4.79 Å². The number of rotatable bonds is 4. The van der Waals surface area contributed by atoms with Crippen molar-refractivity contribution in [2.45, 2.75) is 0 Å². The molecule has 0 saturated carbocycles. The molecule has 126 valence electrons. The van der Waals surface area contributed by atoms with Crippen molar-refractivity contribution in [1.29, 1.82) is 0 Å². The first-order valence-corrected chi connectivity index (χ1v) is 8.19. The lowest BCUT2D eigenvalue weighted by Crippen LogP contribution is -2.10. The molecule has 0 saturated heterocycles. The van der Waals surface area contributed by atoms with Gasteiger partial charge in [-0.2, -0.15) is 0 Å². The monoisotopic (exact) mass is 341 g/mol. The summed E-state index contributed by atoms with van der Waals surface area (Å²) in [6.45, 7) is 0. The molecule has 3 aromatic carbocycles. The van der Waals surface area contributed by atoms with E-state index in [1.54, 1.807) is 6.07 Å². The number of benzene rings is 3. The maximum Gasteiger partial charge on any atom is 0.346 e. The van der Waals surface area contributed by atoms with Crippen LogP contribution < -0.4 is 10.5 Å². The van der Waals surface area contributed by atoms with Gasteiger partial charge in [-0.25, -0.2) is 4.79 Å². The van der Waals surface area contributed by atoms with Gasteiger partial charge < -0.3 is 9.32 Å². The minimum atomic E-state index is -0.629. The van der Waals surface area contributed by atoms with E-state index >= 15 is 0 Å². The summed E-state index contributed by atoms with van der Waals surface area (Å²) in [5, 5.41) is 0.705. The molecule has 0 atom stereocenters. The highest BCUT2D eigenvalue weighted by molar-refractivity contribution is 5.88. The van der Waals surface area contributed by atoms with Gasteiger partial charge in [0.15, 0.2) is 6.29 Å². The molecule has 4 heteroatoms. The molecule has 0 bridgehead atoms. The van der Waals surface area contributed by atoms with Crippen LogP contribution in [0.15, 0.2) is 94.1 Å². The van der Waals surface area contributed by atoms with E-state index in [1.807, 2.05) is 78.9 Å². The number of nitrogens with zero attached hydrogens (tertiary/aromatic N) is 1. The van der Waals surface area contributed by atoms with E-state index in [4.69, 9.17) is 4.42 Å². The first-order valence-electron chi connectivity index (χ1n) is 8.19. The molecule has 0 aliphatic carbocycles. The first kappa shape index (κ1) is 15.8. The summed E-state index contributed by atoms with van der Waals surface area (Å²) in [4.78, 5) is 24.9. The molecule has 0 aliphatic rings. The van der Waals surface area contributed by atoms with Crippen LogP contribution in [0.4, 0.5) is 17.1 Å². The van der Waals surface area contributed by atoms with E-state index in [0.29, 0.717) is 17.3 Å². The molecule has 0 radical (unpaired) electrons. The quantitative estimate of drug-likeness (QED) is 0.384. The van der Waals surface area contributed by atoms with Gasteiger partial charge in [-0.05, 0) is 42.5 Å². The molecular weight excluding hydrogens is 326 g/mol. The van der Waals surface area contributed by atoms with Crippen molar-refractivity contribution in [1.82, 2.24) is 0 Å². The predicted octanol–water partition coefficient (Wildman–Crippen LogP) is 5.08. The number of fused-ring (bicyclic) bond motifs is 1. The Kier molecular flexibility index (Phi) is 4.07. The molecule has 26 heavy (non-hydrogen) atoms. The van der Waals surface area contributed by atoms with Crippen molar-refractivity contribution in [3.63, 3.8) is 0 Å². The lowest BCUT2D eigenvalue weighted by atomic mass is 10.1. The fourth-order valence-electron chi connectivity index (χ4n) is 2.94. The Bertz CT molecular complexity index is 1080. The third-order valence-electron chi connectivity index (χ3n) is 4.16. The standard InChI is InChI=1S/C22H15NO3/c24-15-17-13-16-11-12-20(14-21(16)26-22(17)25)23(18-7-3-1-4-8-18)19-9-5-2-6-10-19/h1-15H. The van der Waals surface area contributed by atoms with Gasteiger partial charge in [0.1, 0.15) is 11.1 Å². The molecule has 0 aliphatic heterocycles. The van der Waals surface area contributed by atoms with Gasteiger partial charge in [-0.15, -0.1) is 0 Å². The summed E-state index contributed by atoms with van der Waals surface area (Å²) in [7, 11) is 0. The average Bonchev–Trinajstić information content (AvgIpc) is 2.69. The second-order valence-electron chi connectivity index (χ2n) is 5.84. The van der Waals surface area contributed by atoms with Gasteiger partial charge in [0, 0.05) is 28.5 Å². The molecule has 0 amide bonds. The summed E-state index contributed by atoms with van der Waals surface area (Å²) in [6, 6.07) is 27.0. The van der Waals surface area contributed by atoms with Gasteiger partial charge >= 0.3 is 5.63 Å². The third kappa shape index (κ3) is 2.89. The fraction of sp³-hybridized carbons (Fsp3) is 0. The van der Waals surface area contributed by atoms with E-state index in [1.165, 1.54) is 0 Å². The Labute approximate surface area is 149 Å². The first-order chi connectivity index (χ1) is 12.8. The van der Waals surface area contributed by atoms with Gasteiger partial charge in [-0.1, -0.05) is 36.4 Å². The maximum atomic E-state index is 11.9. The van der Waals surface area contributed by atoms with E-state index < -0.39 is 5.63 Å². The van der Waals surface area contributed by atoms with Gasteiger partial charge in [0.25, 0.3) is 0 Å². The van der Waals surface area contributed by atoms with Crippen LogP contribution in [0.2, 0.25) is 0 Å². The Hall–Kier alpha value is -3.66. The highest BCUT2D eigenvalue weighted by Crippen LogP contribution is 2.35. The van der Waals surface area contributed by atoms with Crippen LogP contribution in [-0.2, 0) is 0 Å². The number of hydrogen-bond donors (Lipinski definition) is 0. The van der Waals surface area contributed by atoms with Crippen molar-refractivity contribution in [2.24, 2.45) is 0 Å². The van der Waals surface area contributed by atoms with E-state index in [2.05, 4.69) is 4.90 Å². The van der Waals surface area contributed by atoms with E-state index in [-0.39, 0.29) is 5.56 Å². The molecule has 4 rings (SSSR count). The predicted molar refractivity (Wildman–Crippen MR) is 103 cm³/mol. The molecule has 0 fully saturated rings. The highest BCUT2D eigenvalue weighted by Gasteiger charge is 2.13. The van der Waals surface area contributed by atoms with Crippen LogP contribution in [0.1, 0.15) is 10.4 Å². The SMILES string of the molecule is O=Cc1cc2ccc(N(c3ccccc3)c3ccccc3)cc2oc1=O. The zero-order chi connectivity index (χ0) is 17.9. The van der Waals surface area contributed by atoms with Crippen LogP contribution in [0, 0.1) is 0 Å². The molecule has 0 spiro atoms. The minimum Gasteiger partial charge on any atom is -0.422 e. The summed E-state index contributed by atoms with van der Waals surface area (Å²) in [6.07, 6.45) is 0.513. The number of hydrogen-bond acceptors (Lipinski definition) is 4. The zero-order valence-corrected chi connectivity index (χ0v) is 13.8. The van der Waals surface area contributed by atoms with Crippen LogP contribution in [-0.4, -0.2) is 6.29 Å². The van der Waals surface area contributed by atoms with Crippen molar-refractivity contribution in [2.75, 3.05) is 4.90 Å². The third-order valence-corrected chi connectivity index (χ3v) is 4.16. The Morgan fingerprint density at radius 1 is 0.731 bits per heavy atom. The lowest BCUT2D eigenvalue weighted by molar-refractivity contribution is 0.112. The average molecular weight is 341 g/mol. The van der Waals surface area contributed by atoms with Crippen LogP contribution in [0.5, 0.6) is 0 Å². The molecule has 4 aromatic rings. The summed E-state index contributed by atoms with van der Waals surface area (Å²) in [5.74, 6) is 0. The number of anilines is 3. The Morgan fingerprint density at radius 3 is 1.92 bits per heavy atom. The van der Waals surface area contributed by atoms with Crippen LogP contribution >= 0.6 is 0 Å². The lowest BCUT2D eigenvalue weighted by Gasteiger charge is -2.25. The summed E-state index contributed by atoms with van der Waals surface area (Å²) >= 11 is 0. The molecule has 1 aromatic heterocycles. The Morgan fingerprint density at radius 2 is 1.35 bits per heavy atom. The van der Waals surface area contributed by atoms with Crippen molar-refractivity contribution >= 4 is 34.3 Å². The smallest absolute Gasteiger partial charge is 0.346 e. The largest absolute Gasteiger partial charge is 0.422 e. The Balaban J connectivity index is 1.91. The fourth-order valence-corrected chi connectivity index (χ4v) is 2.94. The topological polar surface area (TPSA) is 50.5 Å². The highest BCUT2D eigenvalue weighted by atomic mass is 16.4. The summed E-state index contributed by atoms with van der Waals surface area (Å²) < 4.78 is 5.33.